The Kier molecular flexibility index (Phi) is 4.28. The Balaban J connectivity index is 1.52. The molecule has 2 aromatic rings. The molecular weight excluding hydrogens is 290 g/mol. The summed E-state index contributed by atoms with van der Waals surface area (Å²) in [5, 5.41) is 7.71. The maximum atomic E-state index is 12.2. The van der Waals surface area contributed by atoms with Crippen molar-refractivity contribution in [2.24, 2.45) is 5.73 Å². The van der Waals surface area contributed by atoms with Crippen LogP contribution in [-0.4, -0.2) is 52.0 Å². The van der Waals surface area contributed by atoms with Crippen molar-refractivity contribution in [2.45, 2.75) is 13.1 Å². The maximum Gasteiger partial charge on any atom is 0.254 e. The van der Waals surface area contributed by atoms with E-state index in [2.05, 4.69) is 15.0 Å². The molecule has 0 saturated carbocycles. The molecule has 1 amide bonds. The number of carbonyl (C=O) groups is 1. The van der Waals surface area contributed by atoms with Crippen molar-refractivity contribution in [2.75, 3.05) is 26.2 Å². The minimum absolute atomic E-state index is 0.112. The minimum atomic E-state index is 0.112. The standard InChI is InChI=1S/C13H17N5O2S/c14-7-12-15-11(16-20-12)8-17-2-4-18(5-3-17)13(19)10-1-6-21-9-10/h1,6,9H,2-5,7-8,14H2. The van der Waals surface area contributed by atoms with Gasteiger partial charge in [0.15, 0.2) is 5.82 Å². The van der Waals surface area contributed by atoms with Gasteiger partial charge in [-0.25, -0.2) is 0 Å². The van der Waals surface area contributed by atoms with Gasteiger partial charge in [0.2, 0.25) is 5.89 Å². The van der Waals surface area contributed by atoms with Crippen LogP contribution >= 0.6 is 11.3 Å². The van der Waals surface area contributed by atoms with Gasteiger partial charge in [-0.2, -0.15) is 16.3 Å². The lowest BCUT2D eigenvalue weighted by Crippen LogP contribution is -2.48. The van der Waals surface area contributed by atoms with Gasteiger partial charge >= 0.3 is 0 Å². The normalized spacial score (nSPS) is 16.3. The number of nitrogens with zero attached hydrogens (tertiary/aromatic N) is 4. The molecule has 3 rings (SSSR count). The molecule has 0 unspecified atom stereocenters. The highest BCUT2D eigenvalue weighted by molar-refractivity contribution is 7.08. The molecule has 0 spiro atoms. The number of piperazine rings is 1. The molecule has 0 aromatic carbocycles. The van der Waals surface area contributed by atoms with E-state index in [1.54, 1.807) is 11.3 Å². The van der Waals surface area contributed by atoms with Crippen LogP contribution in [0.4, 0.5) is 0 Å². The molecule has 0 atom stereocenters. The Morgan fingerprint density at radius 3 is 2.81 bits per heavy atom. The first-order valence-corrected chi connectivity index (χ1v) is 7.76. The van der Waals surface area contributed by atoms with Crippen molar-refractivity contribution in [1.29, 1.82) is 0 Å². The van der Waals surface area contributed by atoms with Gasteiger partial charge in [0.25, 0.3) is 5.91 Å². The molecule has 7 nitrogen and oxygen atoms in total. The minimum Gasteiger partial charge on any atom is -0.338 e. The van der Waals surface area contributed by atoms with Crippen LogP contribution in [0.1, 0.15) is 22.1 Å². The van der Waals surface area contributed by atoms with Gasteiger partial charge in [-0.3, -0.25) is 9.69 Å². The van der Waals surface area contributed by atoms with E-state index < -0.39 is 0 Å². The van der Waals surface area contributed by atoms with Crippen LogP contribution in [0, 0.1) is 0 Å². The number of carbonyl (C=O) groups excluding carboxylic acids is 1. The second-order valence-corrected chi connectivity index (χ2v) is 5.67. The molecular formula is C13H17N5O2S. The third-order valence-electron chi connectivity index (χ3n) is 3.48. The summed E-state index contributed by atoms with van der Waals surface area (Å²) in [7, 11) is 0. The van der Waals surface area contributed by atoms with Gasteiger partial charge in [-0.05, 0) is 11.4 Å². The number of rotatable bonds is 4. The first-order chi connectivity index (χ1) is 10.3. The largest absolute Gasteiger partial charge is 0.338 e. The summed E-state index contributed by atoms with van der Waals surface area (Å²) >= 11 is 1.54. The van der Waals surface area contributed by atoms with E-state index in [-0.39, 0.29) is 12.5 Å². The molecule has 1 aliphatic heterocycles. The number of hydrogen-bond donors (Lipinski definition) is 1. The monoisotopic (exact) mass is 307 g/mol. The Morgan fingerprint density at radius 1 is 1.38 bits per heavy atom. The summed E-state index contributed by atoms with van der Waals surface area (Å²) in [6.45, 7) is 3.94. The van der Waals surface area contributed by atoms with Gasteiger partial charge < -0.3 is 15.2 Å². The lowest BCUT2D eigenvalue weighted by atomic mass is 10.2. The topological polar surface area (TPSA) is 88.5 Å². The average molecular weight is 307 g/mol. The second-order valence-electron chi connectivity index (χ2n) is 4.89. The van der Waals surface area contributed by atoms with Crippen LogP contribution in [0.3, 0.4) is 0 Å². The van der Waals surface area contributed by atoms with Crippen LogP contribution < -0.4 is 5.73 Å². The fraction of sp³-hybridized carbons (Fsp3) is 0.462. The number of thiophene rings is 1. The predicted octanol–water partition coefficient (Wildman–Crippen LogP) is 0.548. The Morgan fingerprint density at radius 2 is 2.19 bits per heavy atom. The van der Waals surface area contributed by atoms with Gasteiger partial charge in [0, 0.05) is 31.6 Å². The van der Waals surface area contributed by atoms with Crippen molar-refractivity contribution in [3.63, 3.8) is 0 Å². The maximum absolute atomic E-state index is 12.2. The quantitative estimate of drug-likeness (QED) is 0.887. The molecule has 2 aromatic heterocycles. The predicted molar refractivity (Wildman–Crippen MR) is 77.7 cm³/mol. The van der Waals surface area contributed by atoms with E-state index >= 15 is 0 Å². The fourth-order valence-corrected chi connectivity index (χ4v) is 2.94. The summed E-state index contributed by atoms with van der Waals surface area (Å²) in [6, 6.07) is 1.87. The Hall–Kier alpha value is -1.77. The summed E-state index contributed by atoms with van der Waals surface area (Å²) < 4.78 is 4.99. The molecule has 8 heteroatoms. The van der Waals surface area contributed by atoms with Crippen LogP contribution in [0.25, 0.3) is 0 Å². The molecule has 0 radical (unpaired) electrons. The SMILES string of the molecule is NCc1nc(CN2CCN(C(=O)c3ccsc3)CC2)no1. The van der Waals surface area contributed by atoms with Crippen molar-refractivity contribution in [3.8, 4) is 0 Å². The Labute approximate surface area is 126 Å². The summed E-state index contributed by atoms with van der Waals surface area (Å²) in [4.78, 5) is 20.5. The molecule has 2 N–H and O–H groups in total. The third-order valence-corrected chi connectivity index (χ3v) is 4.16. The molecule has 1 fully saturated rings. The summed E-state index contributed by atoms with van der Waals surface area (Å²) in [6.07, 6.45) is 0. The van der Waals surface area contributed by atoms with Gasteiger partial charge in [-0.15, -0.1) is 0 Å². The van der Waals surface area contributed by atoms with Crippen molar-refractivity contribution in [1.82, 2.24) is 19.9 Å². The zero-order valence-electron chi connectivity index (χ0n) is 11.6. The third kappa shape index (κ3) is 3.29. The molecule has 21 heavy (non-hydrogen) atoms. The fourth-order valence-electron chi connectivity index (χ4n) is 2.32. The zero-order valence-corrected chi connectivity index (χ0v) is 12.4. The Bertz CT molecular complexity index is 589. The van der Waals surface area contributed by atoms with E-state index in [0.29, 0.717) is 18.3 Å². The van der Waals surface area contributed by atoms with E-state index in [1.807, 2.05) is 21.7 Å². The number of aromatic nitrogens is 2. The summed E-state index contributed by atoms with van der Waals surface area (Å²) in [5.41, 5.74) is 6.22. The lowest BCUT2D eigenvalue weighted by molar-refractivity contribution is 0.0625. The van der Waals surface area contributed by atoms with Crippen LogP contribution in [-0.2, 0) is 13.1 Å². The van der Waals surface area contributed by atoms with Crippen molar-refractivity contribution < 1.29 is 9.32 Å². The molecule has 1 saturated heterocycles. The van der Waals surface area contributed by atoms with Gasteiger partial charge in [-0.1, -0.05) is 5.16 Å². The smallest absolute Gasteiger partial charge is 0.254 e. The molecule has 3 heterocycles. The first kappa shape index (κ1) is 14.2. The molecule has 112 valence electrons. The molecule has 0 bridgehead atoms. The van der Waals surface area contributed by atoms with Gasteiger partial charge in [0.1, 0.15) is 0 Å². The molecule has 1 aliphatic rings. The highest BCUT2D eigenvalue weighted by Crippen LogP contribution is 2.13. The second kappa shape index (κ2) is 6.33. The zero-order chi connectivity index (χ0) is 14.7. The van der Waals surface area contributed by atoms with E-state index in [4.69, 9.17) is 10.3 Å². The highest BCUT2D eigenvalue weighted by Gasteiger charge is 2.23. The number of hydrogen-bond acceptors (Lipinski definition) is 7. The number of amides is 1. The van der Waals surface area contributed by atoms with E-state index in [1.165, 1.54) is 0 Å². The van der Waals surface area contributed by atoms with E-state index in [0.717, 1.165) is 31.7 Å². The highest BCUT2D eigenvalue weighted by atomic mass is 32.1. The number of nitrogens with two attached hydrogens (primary N) is 1. The van der Waals surface area contributed by atoms with Gasteiger partial charge in [0.05, 0.1) is 18.7 Å². The van der Waals surface area contributed by atoms with Crippen LogP contribution in [0.2, 0.25) is 0 Å². The van der Waals surface area contributed by atoms with Crippen LogP contribution in [0.15, 0.2) is 21.3 Å². The average Bonchev–Trinajstić information content (AvgIpc) is 3.19. The first-order valence-electron chi connectivity index (χ1n) is 6.81. The van der Waals surface area contributed by atoms with Crippen molar-refractivity contribution >= 4 is 17.2 Å². The van der Waals surface area contributed by atoms with E-state index in [9.17, 15) is 4.79 Å². The summed E-state index contributed by atoms with van der Waals surface area (Å²) in [5.74, 6) is 1.21. The van der Waals surface area contributed by atoms with Crippen LogP contribution in [0.5, 0.6) is 0 Å². The van der Waals surface area contributed by atoms with Crippen molar-refractivity contribution in [3.05, 3.63) is 34.1 Å². The molecule has 0 aliphatic carbocycles. The lowest BCUT2D eigenvalue weighted by Gasteiger charge is -2.33.